The third-order valence-corrected chi connectivity index (χ3v) is 4.98. The van der Waals surface area contributed by atoms with Gasteiger partial charge in [-0.25, -0.2) is 0 Å². The number of hydrogen-bond acceptors (Lipinski definition) is 4. The van der Waals surface area contributed by atoms with Gasteiger partial charge in [-0.3, -0.25) is 14.4 Å². The fourth-order valence-electron chi connectivity index (χ4n) is 3.16. The van der Waals surface area contributed by atoms with E-state index in [0.717, 1.165) is 5.56 Å². The smallest absolute Gasteiger partial charge is 0.289 e. The van der Waals surface area contributed by atoms with Crippen LogP contribution in [0.2, 0.25) is 0 Å². The first-order valence-electron chi connectivity index (χ1n) is 9.34. The number of nitrogens with zero attached hydrogens (tertiary/aromatic N) is 2. The Kier molecular flexibility index (Phi) is 5.82. The van der Waals surface area contributed by atoms with E-state index in [1.165, 1.54) is 6.26 Å². The van der Waals surface area contributed by atoms with Crippen LogP contribution in [0.15, 0.2) is 53.1 Å². The van der Waals surface area contributed by atoms with Gasteiger partial charge in [-0.2, -0.15) is 0 Å². The molecule has 28 heavy (non-hydrogen) atoms. The average Bonchev–Trinajstić information content (AvgIpc) is 3.26. The highest BCUT2D eigenvalue weighted by molar-refractivity contribution is 6.04. The first-order chi connectivity index (χ1) is 13.4. The molecule has 1 aromatic heterocycles. The van der Waals surface area contributed by atoms with E-state index < -0.39 is 5.41 Å². The molecule has 1 N–H and O–H groups in total. The van der Waals surface area contributed by atoms with Crippen molar-refractivity contribution in [1.29, 1.82) is 0 Å². The van der Waals surface area contributed by atoms with Gasteiger partial charge in [0.15, 0.2) is 5.76 Å². The molecule has 7 heteroatoms. The summed E-state index contributed by atoms with van der Waals surface area (Å²) >= 11 is 0. The normalized spacial score (nSPS) is 14.6. The molecule has 0 spiro atoms. The Labute approximate surface area is 164 Å². The summed E-state index contributed by atoms with van der Waals surface area (Å²) < 4.78 is 5.15. The Morgan fingerprint density at radius 1 is 0.964 bits per heavy atom. The van der Waals surface area contributed by atoms with Gasteiger partial charge in [0, 0.05) is 32.7 Å². The van der Waals surface area contributed by atoms with Crippen LogP contribution in [0.25, 0.3) is 0 Å². The Hall–Kier alpha value is -3.09. The maximum Gasteiger partial charge on any atom is 0.289 e. The number of carbonyl (C=O) groups excluding carboxylic acids is 3. The van der Waals surface area contributed by atoms with Crippen LogP contribution in [0.3, 0.4) is 0 Å². The molecule has 7 nitrogen and oxygen atoms in total. The highest BCUT2D eigenvalue weighted by Crippen LogP contribution is 2.21. The predicted octanol–water partition coefficient (Wildman–Crippen LogP) is 1.91. The van der Waals surface area contributed by atoms with Crippen LogP contribution in [-0.2, 0) is 16.1 Å². The molecule has 148 valence electrons. The second-order valence-electron chi connectivity index (χ2n) is 7.35. The van der Waals surface area contributed by atoms with Gasteiger partial charge in [0.05, 0.1) is 6.26 Å². The van der Waals surface area contributed by atoms with Gasteiger partial charge in [-0.15, -0.1) is 0 Å². The maximum atomic E-state index is 12.9. The fraction of sp³-hybridized carbons (Fsp3) is 0.381. The number of carbonyl (C=O) groups is 3. The summed E-state index contributed by atoms with van der Waals surface area (Å²) in [5, 5.41) is 2.84. The third-order valence-electron chi connectivity index (χ3n) is 4.98. The number of rotatable bonds is 5. The van der Waals surface area contributed by atoms with Crippen molar-refractivity contribution in [1.82, 2.24) is 15.1 Å². The van der Waals surface area contributed by atoms with Gasteiger partial charge in [0.1, 0.15) is 5.41 Å². The van der Waals surface area contributed by atoms with Crippen molar-refractivity contribution in [2.45, 2.75) is 20.4 Å². The number of benzene rings is 1. The molecule has 1 aliphatic rings. The van der Waals surface area contributed by atoms with Crippen molar-refractivity contribution in [3.63, 3.8) is 0 Å². The zero-order valence-corrected chi connectivity index (χ0v) is 16.2. The highest BCUT2D eigenvalue weighted by Gasteiger charge is 2.40. The van der Waals surface area contributed by atoms with Crippen molar-refractivity contribution < 1.29 is 18.8 Å². The standard InChI is InChI=1S/C21H25N3O4/c1-21(2,19(26)22-15-16-7-4-3-5-8-16)20(27)24-12-10-23(11-13-24)18(25)17-9-6-14-28-17/h3-9,14H,10-13,15H2,1-2H3,(H,22,26). The van der Waals surface area contributed by atoms with Crippen LogP contribution in [0.5, 0.6) is 0 Å². The third kappa shape index (κ3) is 4.24. The molecule has 0 saturated carbocycles. The number of hydrogen-bond donors (Lipinski definition) is 1. The largest absolute Gasteiger partial charge is 0.459 e. The lowest BCUT2D eigenvalue weighted by molar-refractivity contribution is -0.149. The van der Waals surface area contributed by atoms with Crippen LogP contribution in [-0.4, -0.2) is 53.7 Å². The second-order valence-corrected chi connectivity index (χ2v) is 7.35. The van der Waals surface area contributed by atoms with Crippen molar-refractivity contribution in [3.05, 3.63) is 60.1 Å². The van der Waals surface area contributed by atoms with E-state index in [9.17, 15) is 14.4 Å². The molecule has 0 aliphatic carbocycles. The van der Waals surface area contributed by atoms with Crippen molar-refractivity contribution in [2.24, 2.45) is 5.41 Å². The van der Waals surface area contributed by atoms with Gasteiger partial charge in [-0.1, -0.05) is 30.3 Å². The number of piperazine rings is 1. The molecule has 1 saturated heterocycles. The lowest BCUT2D eigenvalue weighted by Crippen LogP contribution is -2.56. The first kappa shape index (κ1) is 19.7. The first-order valence-corrected chi connectivity index (χ1v) is 9.34. The summed E-state index contributed by atoms with van der Waals surface area (Å²) in [5.74, 6) is -0.434. The number of nitrogens with one attached hydrogen (secondary N) is 1. The van der Waals surface area contributed by atoms with Crippen LogP contribution in [0, 0.1) is 5.41 Å². The lowest BCUT2D eigenvalue weighted by Gasteiger charge is -2.37. The zero-order valence-electron chi connectivity index (χ0n) is 16.2. The Bertz CT molecular complexity index is 823. The minimum Gasteiger partial charge on any atom is -0.459 e. The second kappa shape index (κ2) is 8.29. The topological polar surface area (TPSA) is 82.9 Å². The van der Waals surface area contributed by atoms with Crippen LogP contribution in [0.1, 0.15) is 30.0 Å². The van der Waals surface area contributed by atoms with Crippen molar-refractivity contribution in [3.8, 4) is 0 Å². The van der Waals surface area contributed by atoms with Gasteiger partial charge in [0.2, 0.25) is 11.8 Å². The molecule has 0 atom stereocenters. The molecule has 3 rings (SSSR count). The van der Waals surface area contributed by atoms with E-state index in [-0.39, 0.29) is 17.7 Å². The van der Waals surface area contributed by atoms with E-state index >= 15 is 0 Å². The van der Waals surface area contributed by atoms with Crippen molar-refractivity contribution in [2.75, 3.05) is 26.2 Å². The lowest BCUT2D eigenvalue weighted by atomic mass is 9.89. The molecule has 0 bridgehead atoms. The van der Waals surface area contributed by atoms with Crippen molar-refractivity contribution >= 4 is 17.7 Å². The summed E-state index contributed by atoms with van der Waals surface area (Å²) in [7, 11) is 0. The monoisotopic (exact) mass is 383 g/mol. The van der Waals surface area contributed by atoms with Crippen LogP contribution < -0.4 is 5.32 Å². The minimum atomic E-state index is -1.18. The SMILES string of the molecule is CC(C)(C(=O)NCc1ccccc1)C(=O)N1CCN(C(=O)c2ccco2)CC1. The molecule has 1 aromatic carbocycles. The van der Waals surface area contributed by atoms with E-state index in [2.05, 4.69) is 5.32 Å². The molecule has 0 unspecified atom stereocenters. The average molecular weight is 383 g/mol. The quantitative estimate of drug-likeness (QED) is 0.800. The molecule has 1 fully saturated rings. The minimum absolute atomic E-state index is 0.183. The number of amides is 3. The zero-order chi connectivity index (χ0) is 20.1. The Morgan fingerprint density at radius 3 is 2.21 bits per heavy atom. The van der Waals surface area contributed by atoms with E-state index in [4.69, 9.17) is 4.42 Å². The van der Waals surface area contributed by atoms with Crippen LogP contribution >= 0.6 is 0 Å². The van der Waals surface area contributed by atoms with Gasteiger partial charge < -0.3 is 19.5 Å². The molecule has 1 aliphatic heterocycles. The molecular formula is C21H25N3O4. The summed E-state index contributed by atoms with van der Waals surface area (Å²) in [6.07, 6.45) is 1.46. The van der Waals surface area contributed by atoms with Gasteiger partial charge in [-0.05, 0) is 31.5 Å². The summed E-state index contributed by atoms with van der Waals surface area (Å²) in [5.41, 5.74) is -0.203. The van der Waals surface area contributed by atoms with E-state index in [0.29, 0.717) is 38.5 Å². The molecular weight excluding hydrogens is 358 g/mol. The number of furan rings is 1. The van der Waals surface area contributed by atoms with E-state index in [1.54, 1.807) is 35.8 Å². The van der Waals surface area contributed by atoms with Gasteiger partial charge >= 0.3 is 0 Å². The fourth-order valence-corrected chi connectivity index (χ4v) is 3.16. The predicted molar refractivity (Wildman–Crippen MR) is 103 cm³/mol. The molecule has 2 heterocycles. The molecule has 2 aromatic rings. The highest BCUT2D eigenvalue weighted by atomic mass is 16.3. The summed E-state index contributed by atoms with van der Waals surface area (Å²) in [4.78, 5) is 41.2. The van der Waals surface area contributed by atoms with E-state index in [1.807, 2.05) is 30.3 Å². The Balaban J connectivity index is 1.54. The summed E-state index contributed by atoms with van der Waals surface area (Å²) in [6.45, 7) is 5.25. The molecule has 3 amide bonds. The Morgan fingerprint density at radius 2 is 1.61 bits per heavy atom. The maximum absolute atomic E-state index is 12.9. The van der Waals surface area contributed by atoms with Gasteiger partial charge in [0.25, 0.3) is 5.91 Å². The molecule has 0 radical (unpaired) electrons. The van der Waals surface area contributed by atoms with Crippen LogP contribution in [0.4, 0.5) is 0 Å². The summed E-state index contributed by atoms with van der Waals surface area (Å²) in [6, 6.07) is 12.9.